The highest BCUT2D eigenvalue weighted by Gasteiger charge is 2.06. The molecule has 0 radical (unpaired) electrons. The van der Waals surface area contributed by atoms with Crippen molar-refractivity contribution in [3.63, 3.8) is 0 Å². The number of anilines is 1. The molecule has 0 heterocycles. The van der Waals surface area contributed by atoms with Gasteiger partial charge in [0, 0.05) is 12.1 Å². The van der Waals surface area contributed by atoms with Gasteiger partial charge in [0.2, 0.25) is 0 Å². The minimum atomic E-state index is 0.157. The van der Waals surface area contributed by atoms with Gasteiger partial charge in [0.05, 0.1) is 10.2 Å². The Morgan fingerprint density at radius 2 is 2.23 bits per heavy atom. The first-order valence-corrected chi connectivity index (χ1v) is 4.68. The minimum Gasteiger partial charge on any atom is -0.464 e. The molecular weight excluding hydrogens is 257 g/mol. The molecule has 1 aromatic carbocycles. The van der Waals surface area contributed by atoms with Crippen LogP contribution < -0.4 is 10.5 Å². The van der Waals surface area contributed by atoms with Gasteiger partial charge in [0.25, 0.3) is 0 Å². The van der Waals surface area contributed by atoms with E-state index in [4.69, 9.17) is 26.8 Å². The Hall–Kier alpha value is -0.450. The van der Waals surface area contributed by atoms with E-state index in [1.165, 1.54) is 0 Å². The van der Waals surface area contributed by atoms with E-state index in [9.17, 15) is 0 Å². The molecule has 1 rings (SSSR count). The first kappa shape index (κ1) is 10.6. The van der Waals surface area contributed by atoms with E-state index in [-0.39, 0.29) is 6.79 Å². The summed E-state index contributed by atoms with van der Waals surface area (Å²) in [7, 11) is 1.54. The zero-order valence-electron chi connectivity index (χ0n) is 7.01. The van der Waals surface area contributed by atoms with Gasteiger partial charge in [0.15, 0.2) is 12.5 Å². The van der Waals surface area contributed by atoms with E-state index in [0.717, 1.165) is 4.47 Å². The van der Waals surface area contributed by atoms with Crippen molar-refractivity contribution >= 4 is 33.2 Å². The maximum atomic E-state index is 5.76. The van der Waals surface area contributed by atoms with E-state index < -0.39 is 0 Å². The van der Waals surface area contributed by atoms with Crippen LogP contribution in [-0.4, -0.2) is 13.9 Å². The Morgan fingerprint density at radius 1 is 1.54 bits per heavy atom. The Balaban J connectivity index is 2.92. The summed E-state index contributed by atoms with van der Waals surface area (Å²) < 4.78 is 10.7. The predicted octanol–water partition coefficient (Wildman–Crippen LogP) is 2.67. The van der Waals surface area contributed by atoms with E-state index in [1.54, 1.807) is 19.2 Å². The lowest BCUT2D eigenvalue weighted by Crippen LogP contribution is -2.02. The van der Waals surface area contributed by atoms with Gasteiger partial charge in [-0.1, -0.05) is 11.6 Å². The largest absolute Gasteiger partial charge is 0.464 e. The minimum absolute atomic E-state index is 0.157. The lowest BCUT2D eigenvalue weighted by atomic mass is 10.3. The molecular formula is C8H9BrClNO2. The standard InChI is InChI=1S/C8H9BrClNO2/c1-12-4-13-8-6(9)2-5(10)3-7(8)11/h2-3H,4,11H2,1H3. The number of rotatable bonds is 3. The summed E-state index contributed by atoms with van der Waals surface area (Å²) >= 11 is 9.04. The highest BCUT2D eigenvalue weighted by atomic mass is 79.9. The number of nitrogen functional groups attached to an aromatic ring is 1. The monoisotopic (exact) mass is 265 g/mol. The molecule has 0 spiro atoms. The van der Waals surface area contributed by atoms with Crippen molar-refractivity contribution in [2.45, 2.75) is 0 Å². The lowest BCUT2D eigenvalue weighted by Gasteiger charge is -2.09. The maximum absolute atomic E-state index is 5.76. The summed E-state index contributed by atoms with van der Waals surface area (Å²) in [5.74, 6) is 0.547. The van der Waals surface area contributed by atoms with Crippen molar-refractivity contribution in [1.29, 1.82) is 0 Å². The van der Waals surface area contributed by atoms with Crippen LogP contribution in [0.25, 0.3) is 0 Å². The fraction of sp³-hybridized carbons (Fsp3) is 0.250. The van der Waals surface area contributed by atoms with Gasteiger partial charge < -0.3 is 15.2 Å². The third kappa shape index (κ3) is 2.76. The smallest absolute Gasteiger partial charge is 0.188 e. The van der Waals surface area contributed by atoms with Crippen LogP contribution in [0.4, 0.5) is 5.69 Å². The fourth-order valence-electron chi connectivity index (χ4n) is 0.850. The number of nitrogens with two attached hydrogens (primary N) is 1. The Bertz CT molecular complexity index is 283. The second-order valence-corrected chi connectivity index (χ2v) is 3.65. The van der Waals surface area contributed by atoms with E-state index in [2.05, 4.69) is 15.9 Å². The summed E-state index contributed by atoms with van der Waals surface area (Å²) in [4.78, 5) is 0. The maximum Gasteiger partial charge on any atom is 0.188 e. The molecule has 0 bridgehead atoms. The summed E-state index contributed by atoms with van der Waals surface area (Å²) in [6.45, 7) is 0.157. The Labute approximate surface area is 89.9 Å². The summed E-state index contributed by atoms with van der Waals surface area (Å²) in [6, 6.07) is 3.33. The number of ether oxygens (including phenoxy) is 2. The molecule has 0 aliphatic rings. The van der Waals surface area contributed by atoms with Gasteiger partial charge in [0.1, 0.15) is 0 Å². The molecule has 0 saturated heterocycles. The molecule has 0 atom stereocenters. The van der Waals surface area contributed by atoms with Crippen LogP contribution in [-0.2, 0) is 4.74 Å². The van der Waals surface area contributed by atoms with Gasteiger partial charge in [-0.15, -0.1) is 0 Å². The first-order chi connectivity index (χ1) is 6.15. The molecule has 13 heavy (non-hydrogen) atoms. The highest BCUT2D eigenvalue weighted by molar-refractivity contribution is 9.10. The van der Waals surface area contributed by atoms with Gasteiger partial charge in [-0.25, -0.2) is 0 Å². The van der Waals surface area contributed by atoms with Gasteiger partial charge >= 0.3 is 0 Å². The first-order valence-electron chi connectivity index (χ1n) is 3.51. The summed E-state index contributed by atoms with van der Waals surface area (Å²) in [5.41, 5.74) is 6.15. The molecule has 1 aromatic rings. The SMILES string of the molecule is COCOc1c(N)cc(Cl)cc1Br. The third-order valence-corrected chi connectivity index (χ3v) is 2.17. The molecule has 0 aromatic heterocycles. The third-order valence-electron chi connectivity index (χ3n) is 1.36. The molecule has 0 saturated carbocycles. The fourth-order valence-corrected chi connectivity index (χ4v) is 1.80. The molecule has 0 aliphatic heterocycles. The normalized spacial score (nSPS) is 10.1. The van der Waals surface area contributed by atoms with Crippen LogP contribution in [0.2, 0.25) is 5.02 Å². The van der Waals surface area contributed by atoms with Gasteiger partial charge in [-0.05, 0) is 28.1 Å². The van der Waals surface area contributed by atoms with Gasteiger partial charge in [-0.3, -0.25) is 0 Å². The van der Waals surface area contributed by atoms with Crippen molar-refractivity contribution in [1.82, 2.24) is 0 Å². The number of methoxy groups -OCH3 is 1. The average molecular weight is 267 g/mol. The number of benzene rings is 1. The number of hydrogen-bond acceptors (Lipinski definition) is 3. The molecule has 0 fully saturated rings. The molecule has 72 valence electrons. The Kier molecular flexibility index (Phi) is 3.84. The quantitative estimate of drug-likeness (QED) is 0.676. The summed E-state index contributed by atoms with van der Waals surface area (Å²) in [6.07, 6.45) is 0. The molecule has 3 nitrogen and oxygen atoms in total. The van der Waals surface area contributed by atoms with E-state index in [1.807, 2.05) is 0 Å². The Morgan fingerprint density at radius 3 is 2.77 bits per heavy atom. The topological polar surface area (TPSA) is 44.5 Å². The van der Waals surface area contributed by atoms with Crippen molar-refractivity contribution in [2.75, 3.05) is 19.6 Å². The second kappa shape index (κ2) is 4.69. The van der Waals surface area contributed by atoms with Crippen molar-refractivity contribution in [2.24, 2.45) is 0 Å². The zero-order valence-corrected chi connectivity index (χ0v) is 9.35. The highest BCUT2D eigenvalue weighted by Crippen LogP contribution is 2.34. The number of halogens is 2. The average Bonchev–Trinajstić information content (AvgIpc) is 2.02. The van der Waals surface area contributed by atoms with Crippen LogP contribution in [0, 0.1) is 0 Å². The predicted molar refractivity (Wildman–Crippen MR) is 56.1 cm³/mol. The molecule has 0 amide bonds. The van der Waals surface area contributed by atoms with Crippen molar-refractivity contribution in [3.8, 4) is 5.75 Å². The van der Waals surface area contributed by atoms with Crippen molar-refractivity contribution < 1.29 is 9.47 Å². The van der Waals surface area contributed by atoms with Crippen LogP contribution in [0.1, 0.15) is 0 Å². The summed E-state index contributed by atoms with van der Waals surface area (Å²) in [5, 5.41) is 0.564. The van der Waals surface area contributed by atoms with Crippen LogP contribution in [0.15, 0.2) is 16.6 Å². The number of hydrogen-bond donors (Lipinski definition) is 1. The molecule has 2 N–H and O–H groups in total. The second-order valence-electron chi connectivity index (χ2n) is 2.36. The van der Waals surface area contributed by atoms with Crippen molar-refractivity contribution in [3.05, 3.63) is 21.6 Å². The van der Waals surface area contributed by atoms with E-state index in [0.29, 0.717) is 16.5 Å². The lowest BCUT2D eigenvalue weighted by molar-refractivity contribution is 0.0511. The van der Waals surface area contributed by atoms with E-state index >= 15 is 0 Å². The van der Waals surface area contributed by atoms with Crippen LogP contribution in [0.3, 0.4) is 0 Å². The molecule has 0 unspecified atom stereocenters. The van der Waals surface area contributed by atoms with Crippen LogP contribution in [0.5, 0.6) is 5.75 Å². The zero-order chi connectivity index (χ0) is 9.84. The molecule has 0 aliphatic carbocycles. The molecule has 5 heteroatoms. The van der Waals surface area contributed by atoms with Gasteiger partial charge in [-0.2, -0.15) is 0 Å². The van der Waals surface area contributed by atoms with Crippen LogP contribution >= 0.6 is 27.5 Å².